The standard InChI is InChI=1S/C23H19Cl3N2O4/c1-30-20-8-5-16(11-21(20)31-2)23(29)28-27-12-15-9-18(25)22(19(26)10-15)32-13-14-3-6-17(24)7-4-14/h3-12H,13H2,1-2H3,(H,28,29)/b27-12+. The van der Waals surface area contributed by atoms with Crippen LogP contribution < -0.4 is 19.6 Å². The number of rotatable bonds is 8. The van der Waals surface area contributed by atoms with E-state index >= 15 is 0 Å². The molecule has 1 amide bonds. The van der Waals surface area contributed by atoms with E-state index in [0.29, 0.717) is 43.4 Å². The number of nitrogens with zero attached hydrogens (tertiary/aromatic N) is 1. The Morgan fingerprint density at radius 2 is 1.59 bits per heavy atom. The molecule has 0 radical (unpaired) electrons. The Labute approximate surface area is 200 Å². The molecule has 1 N–H and O–H groups in total. The predicted octanol–water partition coefficient (Wildman–Crippen LogP) is 6.01. The van der Waals surface area contributed by atoms with Crippen LogP contribution >= 0.6 is 34.8 Å². The molecular weight excluding hydrogens is 475 g/mol. The molecule has 9 heteroatoms. The molecule has 0 saturated carbocycles. The largest absolute Gasteiger partial charge is 0.493 e. The van der Waals surface area contributed by atoms with Crippen molar-refractivity contribution in [2.24, 2.45) is 5.10 Å². The molecule has 0 aliphatic rings. The van der Waals surface area contributed by atoms with E-state index in [1.54, 1.807) is 42.5 Å². The molecule has 3 rings (SSSR count). The highest BCUT2D eigenvalue weighted by Crippen LogP contribution is 2.34. The first-order chi connectivity index (χ1) is 15.4. The molecule has 0 saturated heterocycles. The van der Waals surface area contributed by atoms with Crippen LogP contribution in [-0.4, -0.2) is 26.3 Å². The molecule has 0 unspecified atom stereocenters. The van der Waals surface area contributed by atoms with Crippen molar-refractivity contribution in [1.29, 1.82) is 0 Å². The van der Waals surface area contributed by atoms with Crippen LogP contribution in [0.15, 0.2) is 59.7 Å². The Hall–Kier alpha value is -2.93. The van der Waals surface area contributed by atoms with Crippen molar-refractivity contribution in [3.8, 4) is 17.2 Å². The van der Waals surface area contributed by atoms with Crippen LogP contribution in [0, 0.1) is 0 Å². The van der Waals surface area contributed by atoms with Gasteiger partial charge in [-0.25, -0.2) is 5.43 Å². The first-order valence-electron chi connectivity index (χ1n) is 9.33. The van der Waals surface area contributed by atoms with E-state index in [-0.39, 0.29) is 6.61 Å². The SMILES string of the molecule is COc1ccc(C(=O)N/N=C/c2cc(Cl)c(OCc3ccc(Cl)cc3)c(Cl)c2)cc1OC. The Kier molecular flexibility index (Phi) is 8.22. The van der Waals surface area contributed by atoms with Crippen molar-refractivity contribution < 1.29 is 19.0 Å². The van der Waals surface area contributed by atoms with E-state index in [1.165, 1.54) is 20.4 Å². The second-order valence-electron chi connectivity index (χ2n) is 6.50. The van der Waals surface area contributed by atoms with Gasteiger partial charge in [0.2, 0.25) is 0 Å². The molecule has 0 spiro atoms. The summed E-state index contributed by atoms with van der Waals surface area (Å²) in [5, 5.41) is 5.24. The summed E-state index contributed by atoms with van der Waals surface area (Å²) < 4.78 is 16.1. The maximum Gasteiger partial charge on any atom is 0.271 e. The molecule has 6 nitrogen and oxygen atoms in total. The second-order valence-corrected chi connectivity index (χ2v) is 7.75. The van der Waals surface area contributed by atoms with Crippen LogP contribution in [0.4, 0.5) is 0 Å². The smallest absolute Gasteiger partial charge is 0.271 e. The van der Waals surface area contributed by atoms with Crippen molar-refractivity contribution in [2.75, 3.05) is 14.2 Å². The summed E-state index contributed by atoms with van der Waals surface area (Å²) >= 11 is 18.5. The Balaban J connectivity index is 1.64. The predicted molar refractivity (Wildman–Crippen MR) is 127 cm³/mol. The second kappa shape index (κ2) is 11.1. The number of halogens is 3. The van der Waals surface area contributed by atoms with Gasteiger partial charge in [0.25, 0.3) is 5.91 Å². The normalized spacial score (nSPS) is 10.8. The average molecular weight is 494 g/mol. The molecule has 3 aromatic carbocycles. The lowest BCUT2D eigenvalue weighted by atomic mass is 10.2. The number of benzene rings is 3. The van der Waals surface area contributed by atoms with Gasteiger partial charge in [0.1, 0.15) is 6.61 Å². The van der Waals surface area contributed by atoms with Gasteiger partial charge in [-0.15, -0.1) is 0 Å². The summed E-state index contributed by atoms with van der Waals surface area (Å²) in [5.74, 6) is 0.907. The van der Waals surface area contributed by atoms with E-state index in [1.807, 2.05) is 12.1 Å². The van der Waals surface area contributed by atoms with Gasteiger partial charge in [-0.1, -0.05) is 46.9 Å². The van der Waals surface area contributed by atoms with Crippen molar-refractivity contribution in [3.05, 3.63) is 86.4 Å². The molecular formula is C23H19Cl3N2O4. The zero-order valence-electron chi connectivity index (χ0n) is 17.2. The van der Waals surface area contributed by atoms with E-state index in [4.69, 9.17) is 49.0 Å². The fourth-order valence-electron chi connectivity index (χ4n) is 2.74. The van der Waals surface area contributed by atoms with Gasteiger partial charge in [-0.05, 0) is 53.6 Å². The van der Waals surface area contributed by atoms with Crippen LogP contribution in [0.5, 0.6) is 17.2 Å². The average Bonchev–Trinajstić information content (AvgIpc) is 2.79. The summed E-state index contributed by atoms with van der Waals surface area (Å²) in [5.41, 5.74) is 4.32. The van der Waals surface area contributed by atoms with Crippen molar-refractivity contribution in [2.45, 2.75) is 6.61 Å². The first-order valence-corrected chi connectivity index (χ1v) is 10.5. The molecule has 166 valence electrons. The van der Waals surface area contributed by atoms with E-state index < -0.39 is 5.91 Å². The molecule has 0 aliphatic heterocycles. The van der Waals surface area contributed by atoms with Crippen molar-refractivity contribution in [1.82, 2.24) is 5.43 Å². The first kappa shape index (κ1) is 23.7. The fourth-order valence-corrected chi connectivity index (χ4v) is 3.47. The van der Waals surface area contributed by atoms with Gasteiger partial charge >= 0.3 is 0 Å². The van der Waals surface area contributed by atoms with Crippen molar-refractivity contribution >= 4 is 46.9 Å². The molecule has 32 heavy (non-hydrogen) atoms. The number of hydrogen-bond donors (Lipinski definition) is 1. The number of hydrogen-bond acceptors (Lipinski definition) is 5. The molecule has 0 fully saturated rings. The van der Waals surface area contributed by atoms with Gasteiger partial charge in [0, 0.05) is 10.6 Å². The number of ether oxygens (including phenoxy) is 3. The Morgan fingerprint density at radius 1 is 0.938 bits per heavy atom. The summed E-state index contributed by atoms with van der Waals surface area (Å²) in [6.07, 6.45) is 1.43. The third-order valence-corrected chi connectivity index (χ3v) is 5.16. The fraction of sp³-hybridized carbons (Fsp3) is 0.130. The van der Waals surface area contributed by atoms with Crippen LogP contribution in [0.3, 0.4) is 0 Å². The zero-order chi connectivity index (χ0) is 23.1. The number of amides is 1. The third-order valence-electron chi connectivity index (χ3n) is 4.34. The van der Waals surface area contributed by atoms with Gasteiger partial charge in [0.05, 0.1) is 30.5 Å². The Bertz CT molecular complexity index is 1110. The maximum atomic E-state index is 12.3. The summed E-state index contributed by atoms with van der Waals surface area (Å²) in [6, 6.07) is 15.3. The number of methoxy groups -OCH3 is 2. The van der Waals surface area contributed by atoms with E-state index in [2.05, 4.69) is 10.5 Å². The quantitative estimate of drug-likeness (QED) is 0.308. The minimum Gasteiger partial charge on any atom is -0.493 e. The van der Waals surface area contributed by atoms with Crippen LogP contribution in [0.25, 0.3) is 0 Å². The molecule has 0 heterocycles. The van der Waals surface area contributed by atoms with E-state index in [9.17, 15) is 4.79 Å². The van der Waals surface area contributed by atoms with E-state index in [0.717, 1.165) is 5.56 Å². The number of carbonyl (C=O) groups is 1. The molecule has 0 bridgehead atoms. The summed E-state index contributed by atoms with van der Waals surface area (Å²) in [4.78, 5) is 12.3. The summed E-state index contributed by atoms with van der Waals surface area (Å²) in [7, 11) is 3.01. The lowest BCUT2D eigenvalue weighted by Crippen LogP contribution is -2.17. The number of nitrogens with one attached hydrogen (secondary N) is 1. The topological polar surface area (TPSA) is 69.2 Å². The van der Waals surface area contributed by atoms with Gasteiger partial charge < -0.3 is 14.2 Å². The van der Waals surface area contributed by atoms with Crippen LogP contribution in [-0.2, 0) is 6.61 Å². The number of carbonyl (C=O) groups excluding carboxylic acids is 1. The maximum absolute atomic E-state index is 12.3. The Morgan fingerprint density at radius 3 is 2.22 bits per heavy atom. The minimum atomic E-state index is -0.415. The third kappa shape index (κ3) is 6.07. The molecule has 0 atom stereocenters. The highest BCUT2D eigenvalue weighted by molar-refractivity contribution is 6.37. The molecule has 0 aliphatic carbocycles. The zero-order valence-corrected chi connectivity index (χ0v) is 19.5. The highest BCUT2D eigenvalue weighted by Gasteiger charge is 2.11. The van der Waals surface area contributed by atoms with Crippen molar-refractivity contribution in [3.63, 3.8) is 0 Å². The van der Waals surface area contributed by atoms with Gasteiger partial charge in [-0.2, -0.15) is 5.10 Å². The van der Waals surface area contributed by atoms with Gasteiger partial charge in [0.15, 0.2) is 17.2 Å². The lowest BCUT2D eigenvalue weighted by molar-refractivity contribution is 0.0954. The monoisotopic (exact) mass is 492 g/mol. The van der Waals surface area contributed by atoms with Crippen LogP contribution in [0.1, 0.15) is 21.5 Å². The highest BCUT2D eigenvalue weighted by atomic mass is 35.5. The van der Waals surface area contributed by atoms with Crippen LogP contribution in [0.2, 0.25) is 15.1 Å². The van der Waals surface area contributed by atoms with Gasteiger partial charge in [-0.3, -0.25) is 4.79 Å². The lowest BCUT2D eigenvalue weighted by Gasteiger charge is -2.11. The summed E-state index contributed by atoms with van der Waals surface area (Å²) in [6.45, 7) is 0.283. The molecule has 3 aromatic rings. The molecule has 0 aromatic heterocycles. The minimum absolute atomic E-state index is 0.283. The number of hydrazone groups is 1.